The van der Waals surface area contributed by atoms with E-state index >= 15 is 0 Å². The number of aromatic amines is 1. The van der Waals surface area contributed by atoms with E-state index in [0.717, 1.165) is 0 Å². The molecule has 2 aromatic rings. The van der Waals surface area contributed by atoms with E-state index in [-0.39, 0.29) is 0 Å². The maximum absolute atomic E-state index is 4.77. The second kappa shape index (κ2) is 3.17. The highest BCUT2D eigenvalue weighted by Crippen LogP contribution is 1.97. The molecule has 8 heteroatoms. The molecular formula is C5H7N7O. The number of nitrogens with zero attached hydrogens (tertiary/aromatic N) is 5. The van der Waals surface area contributed by atoms with Gasteiger partial charge in [-0.3, -0.25) is 0 Å². The summed E-state index contributed by atoms with van der Waals surface area (Å²) in [6.45, 7) is 2.14. The summed E-state index contributed by atoms with van der Waals surface area (Å²) in [7, 11) is 0. The molecule has 13 heavy (non-hydrogen) atoms. The van der Waals surface area contributed by atoms with Crippen molar-refractivity contribution in [2.24, 2.45) is 0 Å². The summed E-state index contributed by atoms with van der Waals surface area (Å²) < 4.78 is 4.77. The van der Waals surface area contributed by atoms with Crippen LogP contribution in [0.4, 0.5) is 5.95 Å². The number of nitrogens with one attached hydrogen (secondary N) is 2. The van der Waals surface area contributed by atoms with Crippen LogP contribution < -0.4 is 5.32 Å². The van der Waals surface area contributed by atoms with Crippen molar-refractivity contribution in [3.8, 4) is 0 Å². The summed E-state index contributed by atoms with van der Waals surface area (Å²) >= 11 is 0. The first-order chi connectivity index (χ1) is 6.34. The van der Waals surface area contributed by atoms with Gasteiger partial charge in [0.2, 0.25) is 5.89 Å². The first-order valence-electron chi connectivity index (χ1n) is 3.61. The smallest absolute Gasteiger partial charge is 0.263 e. The van der Waals surface area contributed by atoms with Crippen LogP contribution in [0.5, 0.6) is 0 Å². The van der Waals surface area contributed by atoms with Crippen LogP contribution in [-0.2, 0) is 6.54 Å². The molecule has 2 heterocycles. The third kappa shape index (κ3) is 1.78. The van der Waals surface area contributed by atoms with Crippen molar-refractivity contribution in [3.63, 3.8) is 0 Å². The van der Waals surface area contributed by atoms with Gasteiger partial charge >= 0.3 is 0 Å². The Morgan fingerprint density at radius 2 is 2.46 bits per heavy atom. The highest BCUT2D eigenvalue weighted by molar-refractivity contribution is 5.18. The molecule has 0 aromatic carbocycles. The summed E-state index contributed by atoms with van der Waals surface area (Å²) in [6.07, 6.45) is 0. The largest absolute Gasteiger partial charge is 0.344 e. The van der Waals surface area contributed by atoms with Gasteiger partial charge < -0.3 is 9.84 Å². The van der Waals surface area contributed by atoms with Gasteiger partial charge in [0.25, 0.3) is 5.95 Å². The molecule has 0 saturated heterocycles. The SMILES string of the molecule is Cc1nc(CNc2nn[nH]n2)no1. The zero-order valence-corrected chi connectivity index (χ0v) is 6.85. The first kappa shape index (κ1) is 7.65. The Hall–Kier alpha value is -1.99. The van der Waals surface area contributed by atoms with Crippen LogP contribution >= 0.6 is 0 Å². The van der Waals surface area contributed by atoms with E-state index in [4.69, 9.17) is 4.52 Å². The van der Waals surface area contributed by atoms with E-state index in [0.29, 0.717) is 24.2 Å². The lowest BCUT2D eigenvalue weighted by atomic mass is 10.6. The normalized spacial score (nSPS) is 10.2. The molecule has 0 unspecified atom stereocenters. The summed E-state index contributed by atoms with van der Waals surface area (Å²) in [5, 5.41) is 19.6. The van der Waals surface area contributed by atoms with Gasteiger partial charge in [-0.1, -0.05) is 10.3 Å². The molecule has 0 aliphatic rings. The lowest BCUT2D eigenvalue weighted by molar-refractivity contribution is 0.388. The Bertz CT molecular complexity index is 366. The number of aromatic nitrogens is 6. The van der Waals surface area contributed by atoms with E-state index in [1.807, 2.05) is 0 Å². The van der Waals surface area contributed by atoms with Gasteiger partial charge in [-0.25, -0.2) is 0 Å². The van der Waals surface area contributed by atoms with Crippen molar-refractivity contribution >= 4 is 5.95 Å². The summed E-state index contributed by atoms with van der Waals surface area (Å²) in [5.74, 6) is 1.50. The minimum atomic E-state index is 0.405. The van der Waals surface area contributed by atoms with Gasteiger partial charge in [-0.05, 0) is 5.21 Å². The number of hydrogen-bond donors (Lipinski definition) is 2. The molecule has 2 N–H and O–H groups in total. The maximum atomic E-state index is 4.77. The summed E-state index contributed by atoms with van der Waals surface area (Å²) in [5.41, 5.74) is 0. The Labute approximate surface area is 72.7 Å². The number of rotatable bonds is 3. The molecule has 68 valence electrons. The predicted octanol–water partition coefficient (Wildman–Crippen LogP) is -0.497. The van der Waals surface area contributed by atoms with Gasteiger partial charge in [0.15, 0.2) is 5.82 Å². The Morgan fingerprint density at radius 3 is 3.08 bits per heavy atom. The van der Waals surface area contributed by atoms with Crippen molar-refractivity contribution in [2.45, 2.75) is 13.5 Å². The predicted molar refractivity (Wildman–Crippen MR) is 40.5 cm³/mol. The van der Waals surface area contributed by atoms with Crippen LogP contribution in [0.1, 0.15) is 11.7 Å². The Balaban J connectivity index is 1.93. The standard InChI is InChI=1S/C5H7N7O/c1-3-7-4(10-13-3)2-6-5-8-11-12-9-5/h2H2,1H3,(H2,6,8,9,11,12). The second-order valence-electron chi connectivity index (χ2n) is 2.32. The maximum Gasteiger partial charge on any atom is 0.263 e. The lowest BCUT2D eigenvalue weighted by Crippen LogP contribution is -2.02. The molecular weight excluding hydrogens is 174 g/mol. The number of H-pyrrole nitrogens is 1. The number of hydrogen-bond acceptors (Lipinski definition) is 7. The number of tetrazole rings is 1. The van der Waals surface area contributed by atoms with Crippen LogP contribution in [0.3, 0.4) is 0 Å². The minimum absolute atomic E-state index is 0.405. The summed E-state index contributed by atoms with van der Waals surface area (Å²) in [6, 6.07) is 0. The third-order valence-electron chi connectivity index (χ3n) is 1.32. The topological polar surface area (TPSA) is 105 Å². The first-order valence-corrected chi connectivity index (χ1v) is 3.61. The van der Waals surface area contributed by atoms with Crippen LogP contribution in [0.2, 0.25) is 0 Å². The summed E-state index contributed by atoms with van der Waals surface area (Å²) in [4.78, 5) is 3.98. The van der Waals surface area contributed by atoms with Gasteiger partial charge in [0.05, 0.1) is 6.54 Å². The molecule has 0 spiro atoms. The molecule has 2 rings (SSSR count). The van der Waals surface area contributed by atoms with Gasteiger partial charge in [0.1, 0.15) is 0 Å². The van der Waals surface area contributed by atoms with Crippen molar-refractivity contribution in [1.82, 2.24) is 30.8 Å². The van der Waals surface area contributed by atoms with Crippen molar-refractivity contribution in [3.05, 3.63) is 11.7 Å². The van der Waals surface area contributed by atoms with Crippen LogP contribution in [0, 0.1) is 6.92 Å². The molecule has 0 amide bonds. The zero-order chi connectivity index (χ0) is 9.10. The van der Waals surface area contributed by atoms with Crippen molar-refractivity contribution in [2.75, 3.05) is 5.32 Å². The van der Waals surface area contributed by atoms with E-state index in [1.165, 1.54) is 0 Å². The monoisotopic (exact) mass is 181 g/mol. The van der Waals surface area contributed by atoms with E-state index < -0.39 is 0 Å². The van der Waals surface area contributed by atoms with E-state index in [1.54, 1.807) is 6.92 Å². The fraction of sp³-hybridized carbons (Fsp3) is 0.400. The minimum Gasteiger partial charge on any atom is -0.344 e. The van der Waals surface area contributed by atoms with E-state index in [2.05, 4.69) is 36.1 Å². The van der Waals surface area contributed by atoms with Crippen LogP contribution in [0.25, 0.3) is 0 Å². The van der Waals surface area contributed by atoms with Gasteiger partial charge in [0, 0.05) is 6.92 Å². The van der Waals surface area contributed by atoms with Crippen LogP contribution in [-0.4, -0.2) is 30.8 Å². The second-order valence-corrected chi connectivity index (χ2v) is 2.32. The van der Waals surface area contributed by atoms with Crippen molar-refractivity contribution in [1.29, 1.82) is 0 Å². The molecule has 0 aliphatic heterocycles. The Morgan fingerprint density at radius 1 is 1.54 bits per heavy atom. The van der Waals surface area contributed by atoms with Gasteiger partial charge in [-0.15, -0.1) is 5.10 Å². The fourth-order valence-electron chi connectivity index (χ4n) is 0.808. The highest BCUT2D eigenvalue weighted by atomic mass is 16.5. The number of aryl methyl sites for hydroxylation is 1. The fourth-order valence-corrected chi connectivity index (χ4v) is 0.808. The molecule has 0 aliphatic carbocycles. The molecule has 0 saturated carbocycles. The van der Waals surface area contributed by atoms with Crippen molar-refractivity contribution < 1.29 is 4.52 Å². The average Bonchev–Trinajstić information content (AvgIpc) is 2.71. The van der Waals surface area contributed by atoms with E-state index in [9.17, 15) is 0 Å². The third-order valence-corrected chi connectivity index (χ3v) is 1.32. The molecule has 0 bridgehead atoms. The molecule has 0 radical (unpaired) electrons. The zero-order valence-electron chi connectivity index (χ0n) is 6.85. The molecule has 0 fully saturated rings. The van der Waals surface area contributed by atoms with Gasteiger partial charge in [-0.2, -0.15) is 10.2 Å². The Kier molecular flexibility index (Phi) is 1.87. The average molecular weight is 181 g/mol. The molecule has 2 aromatic heterocycles. The lowest BCUT2D eigenvalue weighted by Gasteiger charge is -1.92. The number of anilines is 1. The highest BCUT2D eigenvalue weighted by Gasteiger charge is 2.02. The van der Waals surface area contributed by atoms with Crippen LogP contribution in [0.15, 0.2) is 4.52 Å². The quantitative estimate of drug-likeness (QED) is 0.657. The molecule has 8 nitrogen and oxygen atoms in total. The molecule has 0 atom stereocenters.